The molecular weight excluding hydrogens is 416 g/mol. The van der Waals surface area contributed by atoms with Gasteiger partial charge in [-0.15, -0.1) is 0 Å². The summed E-state index contributed by atoms with van der Waals surface area (Å²) >= 11 is 0. The van der Waals surface area contributed by atoms with Gasteiger partial charge >= 0.3 is 5.97 Å². The van der Waals surface area contributed by atoms with E-state index in [1.54, 1.807) is 30.7 Å². The molecule has 1 saturated carbocycles. The van der Waals surface area contributed by atoms with Crippen molar-refractivity contribution in [2.75, 3.05) is 13.1 Å². The molecule has 1 aromatic carbocycles. The largest absolute Gasteiger partial charge is 0.449 e. The van der Waals surface area contributed by atoms with Crippen LogP contribution in [0.5, 0.6) is 0 Å². The van der Waals surface area contributed by atoms with Crippen molar-refractivity contribution >= 4 is 11.9 Å². The molecule has 0 unspecified atom stereocenters. The van der Waals surface area contributed by atoms with Gasteiger partial charge in [0, 0.05) is 42.7 Å². The SMILES string of the molecule is N#Cc1ccc(-c2ccc(C3(C(=O)N4CC[C@@]5(C4)OC(=O)c4cnccc45)CC3)cn2)cc1. The number of amides is 1. The van der Waals surface area contributed by atoms with Crippen molar-refractivity contribution < 1.29 is 14.3 Å². The number of benzene rings is 1. The Kier molecular flexibility index (Phi) is 4.15. The van der Waals surface area contributed by atoms with Gasteiger partial charge in [0.2, 0.25) is 5.91 Å². The minimum atomic E-state index is -0.765. The number of fused-ring (bicyclic) bond motifs is 2. The van der Waals surface area contributed by atoms with Crippen LogP contribution in [0.25, 0.3) is 11.3 Å². The number of likely N-dealkylation sites (tertiary alicyclic amines) is 1. The summed E-state index contributed by atoms with van der Waals surface area (Å²) in [7, 11) is 0. The summed E-state index contributed by atoms with van der Waals surface area (Å²) in [6.07, 6.45) is 7.16. The van der Waals surface area contributed by atoms with E-state index in [4.69, 9.17) is 10.00 Å². The van der Waals surface area contributed by atoms with E-state index < -0.39 is 11.0 Å². The first-order valence-electron chi connectivity index (χ1n) is 11.0. The Bertz CT molecular complexity index is 1320. The summed E-state index contributed by atoms with van der Waals surface area (Å²) in [5.74, 6) is -0.290. The van der Waals surface area contributed by atoms with Gasteiger partial charge in [-0.3, -0.25) is 14.8 Å². The van der Waals surface area contributed by atoms with Gasteiger partial charge in [-0.05, 0) is 42.7 Å². The van der Waals surface area contributed by atoms with E-state index in [2.05, 4.69) is 16.0 Å². The third-order valence-electron chi connectivity index (χ3n) is 7.12. The molecule has 2 fully saturated rings. The zero-order chi connectivity index (χ0) is 22.6. The minimum absolute atomic E-state index is 0.0749. The first-order valence-corrected chi connectivity index (χ1v) is 11.0. The van der Waals surface area contributed by atoms with Crippen LogP contribution in [-0.4, -0.2) is 39.8 Å². The monoisotopic (exact) mass is 436 g/mol. The van der Waals surface area contributed by atoms with Crippen LogP contribution in [0.3, 0.4) is 0 Å². The summed E-state index contributed by atoms with van der Waals surface area (Å²) in [5.41, 5.74) is 3.26. The summed E-state index contributed by atoms with van der Waals surface area (Å²) < 4.78 is 5.78. The highest BCUT2D eigenvalue weighted by molar-refractivity contribution is 5.95. The lowest BCUT2D eigenvalue weighted by atomic mass is 9.92. The lowest BCUT2D eigenvalue weighted by Crippen LogP contribution is -2.40. The molecule has 1 spiro atoms. The van der Waals surface area contributed by atoms with E-state index in [0.29, 0.717) is 30.6 Å². The normalized spacial score (nSPS) is 22.0. The molecular formula is C26H20N4O3. The van der Waals surface area contributed by atoms with Gasteiger partial charge < -0.3 is 9.64 Å². The Morgan fingerprint density at radius 3 is 2.58 bits per heavy atom. The maximum Gasteiger partial charge on any atom is 0.341 e. The van der Waals surface area contributed by atoms with Crippen LogP contribution in [0.4, 0.5) is 0 Å². The first kappa shape index (κ1) is 19.6. The lowest BCUT2D eigenvalue weighted by molar-refractivity contribution is -0.134. The Labute approximate surface area is 190 Å². The van der Waals surface area contributed by atoms with Crippen LogP contribution in [0.2, 0.25) is 0 Å². The molecule has 7 heteroatoms. The molecule has 2 aliphatic heterocycles. The smallest absolute Gasteiger partial charge is 0.341 e. The van der Waals surface area contributed by atoms with Gasteiger partial charge in [-0.2, -0.15) is 5.26 Å². The van der Waals surface area contributed by atoms with Crippen molar-refractivity contribution in [2.45, 2.75) is 30.3 Å². The maximum absolute atomic E-state index is 13.6. The van der Waals surface area contributed by atoms with Crippen LogP contribution in [-0.2, 0) is 20.5 Å². The number of esters is 1. The third-order valence-corrected chi connectivity index (χ3v) is 7.12. The van der Waals surface area contributed by atoms with Crippen molar-refractivity contribution in [1.82, 2.24) is 14.9 Å². The van der Waals surface area contributed by atoms with Gasteiger partial charge in [0.15, 0.2) is 5.60 Å². The van der Waals surface area contributed by atoms with Crippen LogP contribution in [0, 0.1) is 11.3 Å². The number of hydrogen-bond donors (Lipinski definition) is 0. The van der Waals surface area contributed by atoms with Gasteiger partial charge in [0.05, 0.1) is 34.8 Å². The number of ether oxygens (including phenoxy) is 1. The predicted octanol–water partition coefficient (Wildman–Crippen LogP) is 3.35. The molecule has 1 atom stereocenters. The van der Waals surface area contributed by atoms with Crippen LogP contribution in [0.15, 0.2) is 61.1 Å². The van der Waals surface area contributed by atoms with E-state index in [1.807, 2.05) is 35.2 Å². The molecule has 7 nitrogen and oxygen atoms in total. The number of carbonyl (C=O) groups excluding carboxylic acids is 2. The fraction of sp³-hybridized carbons (Fsp3) is 0.269. The highest BCUT2D eigenvalue weighted by atomic mass is 16.6. The fourth-order valence-electron chi connectivity index (χ4n) is 5.12. The molecule has 2 aromatic heterocycles. The first-order chi connectivity index (χ1) is 16.0. The summed E-state index contributed by atoms with van der Waals surface area (Å²) in [6, 6.07) is 15.1. The number of carbonyl (C=O) groups is 2. The Morgan fingerprint density at radius 2 is 1.88 bits per heavy atom. The molecule has 4 heterocycles. The van der Waals surface area contributed by atoms with E-state index in [-0.39, 0.29) is 11.9 Å². The molecule has 1 aliphatic carbocycles. The number of nitrogens with zero attached hydrogens (tertiary/aromatic N) is 4. The Morgan fingerprint density at radius 1 is 1.06 bits per heavy atom. The highest BCUT2D eigenvalue weighted by Gasteiger charge is 2.58. The molecule has 0 N–H and O–H groups in total. The highest BCUT2D eigenvalue weighted by Crippen LogP contribution is 2.52. The average Bonchev–Trinajstić information content (AvgIpc) is 3.50. The van der Waals surface area contributed by atoms with Crippen molar-refractivity contribution in [3.8, 4) is 17.3 Å². The number of nitriles is 1. The quantitative estimate of drug-likeness (QED) is 0.584. The number of rotatable bonds is 3. The number of hydrogen-bond acceptors (Lipinski definition) is 6. The van der Waals surface area contributed by atoms with Gasteiger partial charge in [-0.25, -0.2) is 4.79 Å². The Hall–Kier alpha value is -4.05. The van der Waals surface area contributed by atoms with Crippen molar-refractivity contribution in [2.24, 2.45) is 0 Å². The molecule has 3 aliphatic rings. The molecule has 1 amide bonds. The van der Waals surface area contributed by atoms with Crippen LogP contribution >= 0.6 is 0 Å². The van der Waals surface area contributed by atoms with Gasteiger partial charge in [0.1, 0.15) is 0 Å². The van der Waals surface area contributed by atoms with Crippen LogP contribution < -0.4 is 0 Å². The van der Waals surface area contributed by atoms with E-state index >= 15 is 0 Å². The molecule has 0 radical (unpaired) electrons. The molecule has 162 valence electrons. The minimum Gasteiger partial charge on any atom is -0.449 e. The molecule has 0 bridgehead atoms. The number of aromatic nitrogens is 2. The molecule has 3 aromatic rings. The van der Waals surface area contributed by atoms with Crippen LogP contribution in [0.1, 0.15) is 46.3 Å². The predicted molar refractivity (Wildman–Crippen MR) is 118 cm³/mol. The topological polar surface area (TPSA) is 96.2 Å². The Balaban J connectivity index is 1.23. The fourth-order valence-corrected chi connectivity index (χ4v) is 5.12. The van der Waals surface area contributed by atoms with E-state index in [9.17, 15) is 9.59 Å². The molecule has 6 rings (SSSR count). The zero-order valence-electron chi connectivity index (χ0n) is 17.8. The second kappa shape index (κ2) is 6.97. The maximum atomic E-state index is 13.6. The second-order valence-corrected chi connectivity index (χ2v) is 8.99. The van der Waals surface area contributed by atoms with Crippen molar-refractivity contribution in [3.63, 3.8) is 0 Å². The van der Waals surface area contributed by atoms with Gasteiger partial charge in [0.25, 0.3) is 0 Å². The van der Waals surface area contributed by atoms with Gasteiger partial charge in [-0.1, -0.05) is 18.2 Å². The second-order valence-electron chi connectivity index (χ2n) is 8.99. The van der Waals surface area contributed by atoms with E-state index in [1.165, 1.54) is 0 Å². The standard InChI is InChI=1S/C26H20N4O3/c27-13-17-1-3-18(4-2-17)22-6-5-19(14-29-22)25(8-9-25)24(32)30-12-10-26(16-30)21-7-11-28-15-20(21)23(31)33-26/h1-7,11,14-15H,8-10,12,16H2/t26-/m0/s1. The summed E-state index contributed by atoms with van der Waals surface area (Å²) in [4.78, 5) is 36.4. The van der Waals surface area contributed by atoms with Crippen molar-refractivity contribution in [1.29, 1.82) is 5.26 Å². The number of pyridine rings is 2. The lowest BCUT2D eigenvalue weighted by Gasteiger charge is -2.26. The summed E-state index contributed by atoms with van der Waals surface area (Å²) in [6.45, 7) is 0.916. The average molecular weight is 436 g/mol. The zero-order valence-corrected chi connectivity index (χ0v) is 17.8. The molecule has 1 saturated heterocycles. The van der Waals surface area contributed by atoms with E-state index in [0.717, 1.165) is 35.2 Å². The van der Waals surface area contributed by atoms with Crippen molar-refractivity contribution in [3.05, 3.63) is 83.3 Å². The molecule has 33 heavy (non-hydrogen) atoms. The summed E-state index contributed by atoms with van der Waals surface area (Å²) in [5, 5.41) is 8.97. The third kappa shape index (κ3) is 2.94.